The van der Waals surface area contributed by atoms with E-state index in [9.17, 15) is 14.0 Å². The molecule has 2 heterocycles. The number of thiophene rings is 1. The fraction of sp³-hybridized carbons (Fsp3) is 0.174. The highest BCUT2D eigenvalue weighted by atomic mass is 32.1. The fourth-order valence-corrected chi connectivity index (χ4v) is 4.38. The summed E-state index contributed by atoms with van der Waals surface area (Å²) < 4.78 is 14.5. The molecule has 4 rings (SSSR count). The molecule has 0 aliphatic rings. The topological polar surface area (TPSA) is 64.0 Å². The first-order valence-electron chi connectivity index (χ1n) is 9.58. The number of nitrogens with zero attached hydrogens (tertiary/aromatic N) is 2. The summed E-state index contributed by atoms with van der Waals surface area (Å²) in [6.07, 6.45) is 2.13. The number of carbonyl (C=O) groups excluding carboxylic acids is 1. The van der Waals surface area contributed by atoms with E-state index in [0.717, 1.165) is 11.1 Å². The fourth-order valence-electron chi connectivity index (χ4n) is 3.32. The lowest BCUT2D eigenvalue weighted by atomic mass is 10.1. The molecule has 0 saturated carbocycles. The third-order valence-electron chi connectivity index (χ3n) is 4.93. The van der Waals surface area contributed by atoms with Crippen LogP contribution in [0.15, 0.2) is 65.7 Å². The first-order chi connectivity index (χ1) is 14.5. The van der Waals surface area contributed by atoms with Crippen LogP contribution in [0.4, 0.5) is 4.39 Å². The highest BCUT2D eigenvalue weighted by Crippen LogP contribution is 2.26. The summed E-state index contributed by atoms with van der Waals surface area (Å²) in [5.74, 6) is -0.513. The third kappa shape index (κ3) is 4.16. The van der Waals surface area contributed by atoms with Gasteiger partial charge in [-0.25, -0.2) is 9.37 Å². The van der Waals surface area contributed by atoms with Crippen molar-refractivity contribution in [1.29, 1.82) is 0 Å². The minimum absolute atomic E-state index is 0.150. The Morgan fingerprint density at radius 3 is 2.57 bits per heavy atom. The standard InChI is InChI=1S/C23H20FN3O2S/c1-15-19-22(26-14-27(23(19)29)13-17-5-3-2-4-6-17)30-20(15)21(28)25-12-11-16-7-9-18(24)10-8-16/h2-10,14H,11-13H2,1H3,(H,25,28). The van der Waals surface area contributed by atoms with Crippen LogP contribution >= 0.6 is 11.3 Å². The maximum Gasteiger partial charge on any atom is 0.262 e. The summed E-state index contributed by atoms with van der Waals surface area (Å²) in [4.78, 5) is 31.1. The molecule has 2 aromatic heterocycles. The van der Waals surface area contributed by atoms with Crippen LogP contribution in [0.3, 0.4) is 0 Å². The number of amides is 1. The molecule has 1 N–H and O–H groups in total. The average molecular weight is 421 g/mol. The molecule has 30 heavy (non-hydrogen) atoms. The molecule has 0 radical (unpaired) electrons. The van der Waals surface area contributed by atoms with Crippen LogP contribution in [0.25, 0.3) is 10.2 Å². The summed E-state index contributed by atoms with van der Waals surface area (Å²) in [6, 6.07) is 15.9. The van der Waals surface area contributed by atoms with Gasteiger partial charge in [-0.2, -0.15) is 0 Å². The van der Waals surface area contributed by atoms with E-state index < -0.39 is 0 Å². The number of nitrogens with one attached hydrogen (secondary N) is 1. The lowest BCUT2D eigenvalue weighted by Gasteiger charge is -2.06. The number of carbonyl (C=O) groups is 1. The molecule has 0 aliphatic heterocycles. The largest absolute Gasteiger partial charge is 0.351 e. The number of aromatic nitrogens is 2. The first-order valence-corrected chi connectivity index (χ1v) is 10.4. The minimum atomic E-state index is -0.283. The van der Waals surface area contributed by atoms with Crippen molar-refractivity contribution in [2.24, 2.45) is 0 Å². The number of fused-ring (bicyclic) bond motifs is 1. The average Bonchev–Trinajstić information content (AvgIpc) is 3.09. The Bertz CT molecular complexity index is 1250. The highest BCUT2D eigenvalue weighted by Gasteiger charge is 2.19. The molecule has 4 aromatic rings. The lowest BCUT2D eigenvalue weighted by Crippen LogP contribution is -2.25. The number of aryl methyl sites for hydroxylation is 1. The summed E-state index contributed by atoms with van der Waals surface area (Å²) in [7, 11) is 0. The number of hydrogen-bond donors (Lipinski definition) is 1. The van der Waals surface area contributed by atoms with Crippen molar-refractivity contribution >= 4 is 27.5 Å². The van der Waals surface area contributed by atoms with E-state index in [4.69, 9.17) is 0 Å². The number of halogens is 1. The van der Waals surface area contributed by atoms with Crippen LogP contribution in [0.1, 0.15) is 26.4 Å². The van der Waals surface area contributed by atoms with E-state index in [1.165, 1.54) is 29.8 Å². The zero-order valence-electron chi connectivity index (χ0n) is 16.4. The molecule has 5 nitrogen and oxygen atoms in total. The van der Waals surface area contributed by atoms with Gasteiger partial charge < -0.3 is 5.32 Å². The Morgan fingerprint density at radius 1 is 1.10 bits per heavy atom. The van der Waals surface area contributed by atoms with Gasteiger partial charge in [0, 0.05) is 6.54 Å². The van der Waals surface area contributed by atoms with Gasteiger partial charge in [0.05, 0.1) is 23.1 Å². The third-order valence-corrected chi connectivity index (χ3v) is 6.13. The van der Waals surface area contributed by atoms with Crippen molar-refractivity contribution < 1.29 is 9.18 Å². The van der Waals surface area contributed by atoms with Gasteiger partial charge in [-0.15, -0.1) is 11.3 Å². The summed E-state index contributed by atoms with van der Waals surface area (Å²) in [5.41, 5.74) is 2.44. The Kier molecular flexibility index (Phi) is 5.72. The second-order valence-corrected chi connectivity index (χ2v) is 8.03. The van der Waals surface area contributed by atoms with Crippen molar-refractivity contribution in [1.82, 2.24) is 14.9 Å². The molecule has 7 heteroatoms. The van der Waals surface area contributed by atoms with Gasteiger partial charge >= 0.3 is 0 Å². The van der Waals surface area contributed by atoms with Gasteiger partial charge in [0.15, 0.2) is 0 Å². The summed E-state index contributed by atoms with van der Waals surface area (Å²) >= 11 is 1.22. The molecule has 0 atom stereocenters. The van der Waals surface area contributed by atoms with E-state index in [0.29, 0.717) is 40.2 Å². The van der Waals surface area contributed by atoms with Crippen LogP contribution in [0.5, 0.6) is 0 Å². The van der Waals surface area contributed by atoms with Crippen LogP contribution < -0.4 is 10.9 Å². The second kappa shape index (κ2) is 8.59. The highest BCUT2D eigenvalue weighted by molar-refractivity contribution is 7.20. The molecular weight excluding hydrogens is 401 g/mol. The Hall–Kier alpha value is -3.32. The summed E-state index contributed by atoms with van der Waals surface area (Å²) in [5, 5.41) is 3.37. The summed E-state index contributed by atoms with van der Waals surface area (Å²) in [6.45, 7) is 2.63. The predicted molar refractivity (Wildman–Crippen MR) is 117 cm³/mol. The van der Waals surface area contributed by atoms with Gasteiger partial charge in [-0.1, -0.05) is 42.5 Å². The van der Waals surface area contributed by atoms with E-state index >= 15 is 0 Å². The Balaban J connectivity index is 1.52. The molecule has 0 unspecified atom stereocenters. The van der Waals surface area contributed by atoms with Crippen molar-refractivity contribution in [2.75, 3.05) is 6.54 Å². The first kappa shape index (κ1) is 20.0. The van der Waals surface area contributed by atoms with Gasteiger partial charge in [0.25, 0.3) is 11.5 Å². The van der Waals surface area contributed by atoms with Crippen LogP contribution in [-0.2, 0) is 13.0 Å². The maximum absolute atomic E-state index is 13.0. The van der Waals surface area contributed by atoms with Gasteiger partial charge in [0.1, 0.15) is 10.6 Å². The van der Waals surface area contributed by atoms with Crippen LogP contribution in [0, 0.1) is 12.7 Å². The number of rotatable bonds is 6. The molecule has 0 saturated heterocycles. The number of hydrogen-bond acceptors (Lipinski definition) is 4. The molecule has 0 bridgehead atoms. The van der Waals surface area contributed by atoms with E-state index in [-0.39, 0.29) is 17.3 Å². The van der Waals surface area contributed by atoms with Gasteiger partial charge in [0.2, 0.25) is 0 Å². The molecule has 2 aromatic carbocycles. The van der Waals surface area contributed by atoms with Crippen molar-refractivity contribution in [3.05, 3.63) is 98.7 Å². The zero-order chi connectivity index (χ0) is 21.1. The van der Waals surface area contributed by atoms with Crippen LogP contribution in [-0.4, -0.2) is 22.0 Å². The van der Waals surface area contributed by atoms with Crippen LogP contribution in [0.2, 0.25) is 0 Å². The monoisotopic (exact) mass is 421 g/mol. The molecule has 0 aliphatic carbocycles. The quantitative estimate of drug-likeness (QED) is 0.513. The van der Waals surface area contributed by atoms with Gasteiger partial charge in [-0.05, 0) is 42.2 Å². The van der Waals surface area contributed by atoms with Crippen molar-refractivity contribution in [2.45, 2.75) is 19.9 Å². The van der Waals surface area contributed by atoms with Crippen molar-refractivity contribution in [3.8, 4) is 0 Å². The second-order valence-electron chi connectivity index (χ2n) is 7.03. The van der Waals surface area contributed by atoms with Crippen molar-refractivity contribution in [3.63, 3.8) is 0 Å². The smallest absolute Gasteiger partial charge is 0.262 e. The predicted octanol–water partition coefficient (Wildman–Crippen LogP) is 3.93. The molecule has 0 fully saturated rings. The van der Waals surface area contributed by atoms with E-state index in [1.54, 1.807) is 23.6 Å². The zero-order valence-corrected chi connectivity index (χ0v) is 17.2. The SMILES string of the molecule is Cc1c(C(=O)NCCc2ccc(F)cc2)sc2ncn(Cc3ccccc3)c(=O)c12. The molecule has 1 amide bonds. The van der Waals surface area contributed by atoms with Gasteiger partial charge in [-0.3, -0.25) is 14.2 Å². The Morgan fingerprint density at radius 2 is 1.83 bits per heavy atom. The Labute approximate surface area is 176 Å². The molecular formula is C23H20FN3O2S. The maximum atomic E-state index is 13.0. The normalized spacial score (nSPS) is 11.0. The molecule has 0 spiro atoms. The van der Waals surface area contributed by atoms with E-state index in [2.05, 4.69) is 10.3 Å². The molecule has 152 valence electrons. The minimum Gasteiger partial charge on any atom is -0.351 e. The number of benzene rings is 2. The van der Waals surface area contributed by atoms with E-state index in [1.807, 2.05) is 30.3 Å². The lowest BCUT2D eigenvalue weighted by molar-refractivity contribution is 0.0957.